The summed E-state index contributed by atoms with van der Waals surface area (Å²) in [5.41, 5.74) is 1.71. The Bertz CT molecular complexity index is 897. The highest BCUT2D eigenvalue weighted by Crippen LogP contribution is 2.26. The second-order valence-electron chi connectivity index (χ2n) is 4.93. The molecule has 3 aromatic rings. The van der Waals surface area contributed by atoms with E-state index in [9.17, 15) is 14.7 Å². The largest absolute Gasteiger partial charge is 0.479 e. The highest BCUT2D eigenvalue weighted by atomic mass is 79.9. The molecule has 3 rings (SSSR count). The van der Waals surface area contributed by atoms with Crippen LogP contribution in [0.15, 0.2) is 39.2 Å². The van der Waals surface area contributed by atoms with Gasteiger partial charge in [0.05, 0.1) is 22.1 Å². The average Bonchev–Trinajstić information content (AvgIpc) is 3.22. The van der Waals surface area contributed by atoms with Crippen LogP contribution in [0.25, 0.3) is 10.7 Å². The topological polar surface area (TPSA) is 105 Å². The fourth-order valence-corrected chi connectivity index (χ4v) is 4.04. The number of hydrogen-bond donors (Lipinski definition) is 2. The van der Waals surface area contributed by atoms with E-state index in [1.165, 1.54) is 22.7 Å². The van der Waals surface area contributed by atoms with Crippen LogP contribution >= 0.6 is 38.6 Å². The van der Waals surface area contributed by atoms with Crippen molar-refractivity contribution in [3.05, 3.63) is 50.5 Å². The van der Waals surface area contributed by atoms with Crippen LogP contribution in [0.1, 0.15) is 17.3 Å². The van der Waals surface area contributed by atoms with Gasteiger partial charge in [-0.2, -0.15) is 0 Å². The summed E-state index contributed by atoms with van der Waals surface area (Å²) < 4.78 is 0.802. The van der Waals surface area contributed by atoms with Gasteiger partial charge < -0.3 is 10.4 Å². The van der Waals surface area contributed by atoms with E-state index >= 15 is 0 Å². The Morgan fingerprint density at radius 3 is 2.76 bits per heavy atom. The fraction of sp³-hybridized carbons (Fsp3) is 0.133. The van der Waals surface area contributed by atoms with Crippen molar-refractivity contribution in [1.82, 2.24) is 20.3 Å². The van der Waals surface area contributed by atoms with E-state index in [-0.39, 0.29) is 6.42 Å². The molecule has 0 fully saturated rings. The second-order valence-corrected chi connectivity index (χ2v) is 8.08. The lowest BCUT2D eigenvalue weighted by Crippen LogP contribution is -2.34. The third-order valence-electron chi connectivity index (χ3n) is 3.15. The number of carbonyl (C=O) groups excluding carboxylic acids is 1. The number of halogens is 1. The van der Waals surface area contributed by atoms with Gasteiger partial charge in [0.15, 0.2) is 6.04 Å². The Hall–Kier alpha value is -2.17. The van der Waals surface area contributed by atoms with Crippen molar-refractivity contribution in [3.63, 3.8) is 0 Å². The van der Waals surface area contributed by atoms with Crippen LogP contribution in [0.5, 0.6) is 0 Å². The van der Waals surface area contributed by atoms with Crippen LogP contribution in [-0.2, 0) is 16.0 Å². The summed E-state index contributed by atoms with van der Waals surface area (Å²) in [5, 5.41) is 16.0. The maximum Gasteiger partial charge on any atom is 0.330 e. The summed E-state index contributed by atoms with van der Waals surface area (Å²) in [4.78, 5) is 36.1. The molecule has 0 radical (unpaired) electrons. The molecular formula is C15H11BrN4O3S2. The molecule has 3 aromatic heterocycles. The fourth-order valence-electron chi connectivity index (χ4n) is 2.05. The number of hydrogen-bond acceptors (Lipinski definition) is 7. The molecule has 0 saturated carbocycles. The lowest BCUT2D eigenvalue weighted by Gasteiger charge is -2.12. The molecule has 10 heteroatoms. The first-order chi connectivity index (χ1) is 12.0. The molecule has 0 aliphatic rings. The molecule has 0 aliphatic carbocycles. The molecule has 0 spiro atoms. The molecule has 2 N–H and O–H groups in total. The predicted molar refractivity (Wildman–Crippen MR) is 97.4 cm³/mol. The first kappa shape index (κ1) is 17.6. The van der Waals surface area contributed by atoms with Crippen LogP contribution < -0.4 is 5.32 Å². The Morgan fingerprint density at radius 2 is 2.12 bits per heavy atom. The number of carboxylic acid groups (broad SMARTS) is 1. The highest BCUT2D eigenvalue weighted by molar-refractivity contribution is 9.11. The smallest absolute Gasteiger partial charge is 0.330 e. The summed E-state index contributed by atoms with van der Waals surface area (Å²) in [6.45, 7) is 0. The maximum absolute atomic E-state index is 12.2. The summed E-state index contributed by atoms with van der Waals surface area (Å²) in [5.74, 6) is -1.53. The molecule has 1 amide bonds. The minimum absolute atomic E-state index is 0.00809. The van der Waals surface area contributed by atoms with Gasteiger partial charge in [0.25, 0.3) is 0 Å². The first-order valence-electron chi connectivity index (χ1n) is 7.00. The van der Waals surface area contributed by atoms with Crippen molar-refractivity contribution in [3.8, 4) is 10.7 Å². The molecule has 3 heterocycles. The quantitative estimate of drug-likeness (QED) is 0.612. The number of thiophene rings is 1. The van der Waals surface area contributed by atoms with E-state index < -0.39 is 17.9 Å². The number of carboxylic acids is 1. The molecule has 25 heavy (non-hydrogen) atoms. The lowest BCUT2D eigenvalue weighted by atomic mass is 10.1. The van der Waals surface area contributed by atoms with Crippen molar-refractivity contribution < 1.29 is 14.7 Å². The molecule has 7 nitrogen and oxygen atoms in total. The zero-order chi connectivity index (χ0) is 17.8. The van der Waals surface area contributed by atoms with Crippen LogP contribution in [0.3, 0.4) is 0 Å². The number of amides is 1. The lowest BCUT2D eigenvalue weighted by molar-refractivity contribution is -0.141. The number of rotatable bonds is 6. The van der Waals surface area contributed by atoms with Gasteiger partial charge in [0.1, 0.15) is 10.7 Å². The third kappa shape index (κ3) is 4.47. The van der Waals surface area contributed by atoms with E-state index in [0.29, 0.717) is 22.0 Å². The maximum atomic E-state index is 12.2. The normalized spacial score (nSPS) is 11.9. The van der Waals surface area contributed by atoms with Crippen molar-refractivity contribution in [2.75, 3.05) is 0 Å². The SMILES string of the molecule is O=C(Cc1csc(-c2cnccn2)n1)NC(C(=O)O)c1csc(Br)c1. The molecule has 0 saturated heterocycles. The summed E-state index contributed by atoms with van der Waals surface area (Å²) in [7, 11) is 0. The van der Waals surface area contributed by atoms with Crippen LogP contribution in [0, 0.1) is 0 Å². The summed E-state index contributed by atoms with van der Waals surface area (Å²) in [6.07, 6.45) is 4.73. The number of thiazole rings is 1. The average molecular weight is 439 g/mol. The minimum atomic E-state index is -1.11. The Morgan fingerprint density at radius 1 is 1.28 bits per heavy atom. The van der Waals surface area contributed by atoms with Gasteiger partial charge in [-0.3, -0.25) is 14.8 Å². The van der Waals surface area contributed by atoms with Gasteiger partial charge in [-0.25, -0.2) is 9.78 Å². The monoisotopic (exact) mass is 438 g/mol. The van der Waals surface area contributed by atoms with Gasteiger partial charge in [-0.05, 0) is 32.9 Å². The predicted octanol–water partition coefficient (Wildman–Crippen LogP) is 2.91. The Kier molecular flexibility index (Phi) is 5.51. The first-order valence-corrected chi connectivity index (χ1v) is 9.55. The van der Waals surface area contributed by atoms with Gasteiger partial charge in [0, 0.05) is 17.8 Å². The summed E-state index contributed by atoms with van der Waals surface area (Å²) in [6, 6.07) is 0.590. The number of aromatic nitrogens is 3. The number of carbonyl (C=O) groups is 2. The van der Waals surface area contributed by atoms with E-state index in [2.05, 4.69) is 36.2 Å². The van der Waals surface area contributed by atoms with E-state index in [1.807, 2.05) is 0 Å². The van der Waals surface area contributed by atoms with Crippen LogP contribution in [0.4, 0.5) is 0 Å². The van der Waals surface area contributed by atoms with E-state index in [1.54, 1.807) is 35.4 Å². The zero-order valence-corrected chi connectivity index (χ0v) is 15.8. The molecular weight excluding hydrogens is 428 g/mol. The van der Waals surface area contributed by atoms with Gasteiger partial charge >= 0.3 is 5.97 Å². The van der Waals surface area contributed by atoms with E-state index in [0.717, 1.165) is 3.79 Å². The third-order valence-corrected chi connectivity index (χ3v) is 5.59. The number of nitrogens with one attached hydrogen (secondary N) is 1. The Balaban J connectivity index is 1.68. The second kappa shape index (κ2) is 7.81. The number of nitrogens with zero attached hydrogens (tertiary/aromatic N) is 3. The highest BCUT2D eigenvalue weighted by Gasteiger charge is 2.23. The van der Waals surface area contributed by atoms with E-state index in [4.69, 9.17) is 0 Å². The zero-order valence-electron chi connectivity index (χ0n) is 12.5. The minimum Gasteiger partial charge on any atom is -0.479 e. The molecule has 0 aromatic carbocycles. The standard InChI is InChI=1S/C15H11BrN4O3S2/c16-11-3-8(6-24-11)13(15(22)23)20-12(21)4-9-7-25-14(19-9)10-5-17-1-2-18-10/h1-3,5-7,13H,4H2,(H,20,21)(H,22,23). The van der Waals surface area contributed by atoms with Crippen molar-refractivity contribution in [2.45, 2.75) is 12.5 Å². The van der Waals surface area contributed by atoms with Gasteiger partial charge in [-0.15, -0.1) is 22.7 Å². The van der Waals surface area contributed by atoms with Gasteiger partial charge in [-0.1, -0.05) is 0 Å². The van der Waals surface area contributed by atoms with Crippen molar-refractivity contribution in [2.24, 2.45) is 0 Å². The van der Waals surface area contributed by atoms with Crippen molar-refractivity contribution >= 4 is 50.5 Å². The molecule has 128 valence electrons. The van der Waals surface area contributed by atoms with Crippen LogP contribution in [0.2, 0.25) is 0 Å². The van der Waals surface area contributed by atoms with Crippen LogP contribution in [-0.4, -0.2) is 31.9 Å². The molecule has 1 atom stereocenters. The van der Waals surface area contributed by atoms with Gasteiger partial charge in [0.2, 0.25) is 5.91 Å². The van der Waals surface area contributed by atoms with Crippen molar-refractivity contribution in [1.29, 1.82) is 0 Å². The number of aliphatic carboxylic acids is 1. The molecule has 0 bridgehead atoms. The Labute approximate surface area is 158 Å². The molecule has 1 unspecified atom stereocenters. The molecule has 0 aliphatic heterocycles. The summed E-state index contributed by atoms with van der Waals surface area (Å²) >= 11 is 6.00.